The van der Waals surface area contributed by atoms with E-state index in [0.717, 1.165) is 6.54 Å². The van der Waals surface area contributed by atoms with Crippen LogP contribution >= 0.6 is 11.8 Å². The third kappa shape index (κ3) is 3.24. The number of thioether (sulfide) groups is 1. The monoisotopic (exact) mass is 250 g/mol. The summed E-state index contributed by atoms with van der Waals surface area (Å²) in [6, 6.07) is 11.1. The van der Waals surface area contributed by atoms with Crippen LogP contribution in [0.3, 0.4) is 0 Å². The van der Waals surface area contributed by atoms with Gasteiger partial charge in [-0.1, -0.05) is 30.3 Å². The van der Waals surface area contributed by atoms with E-state index < -0.39 is 0 Å². The van der Waals surface area contributed by atoms with E-state index in [4.69, 9.17) is 5.73 Å². The Kier molecular flexibility index (Phi) is 4.13. The molecule has 1 saturated heterocycles. The highest BCUT2D eigenvalue weighted by Crippen LogP contribution is 2.25. The molecule has 1 aliphatic heterocycles. The molecule has 0 radical (unpaired) electrons. The van der Waals surface area contributed by atoms with Crippen molar-refractivity contribution in [1.29, 1.82) is 0 Å². The topological polar surface area (TPSA) is 29.3 Å². The summed E-state index contributed by atoms with van der Waals surface area (Å²) in [5.74, 6) is 2.54. The maximum absolute atomic E-state index is 6.46. The van der Waals surface area contributed by atoms with Crippen molar-refractivity contribution >= 4 is 11.8 Å². The molecule has 1 fully saturated rings. The van der Waals surface area contributed by atoms with Crippen molar-refractivity contribution in [3.63, 3.8) is 0 Å². The standard InChI is InChI=1S/C14H22N2S/c1-14(15,12-6-4-3-5-7-12)11-16(2)13-8-9-17-10-13/h3-7,13H,8-11,15H2,1-2H3. The van der Waals surface area contributed by atoms with Gasteiger partial charge in [0.1, 0.15) is 0 Å². The third-order valence-corrected chi connectivity index (χ3v) is 4.68. The Morgan fingerprint density at radius 3 is 2.71 bits per heavy atom. The fourth-order valence-electron chi connectivity index (χ4n) is 2.43. The summed E-state index contributed by atoms with van der Waals surface area (Å²) in [6.07, 6.45) is 1.30. The van der Waals surface area contributed by atoms with E-state index in [1.807, 2.05) is 17.8 Å². The molecule has 0 aliphatic carbocycles. The molecule has 1 heterocycles. The second kappa shape index (κ2) is 5.42. The minimum atomic E-state index is -0.261. The highest BCUT2D eigenvalue weighted by atomic mass is 32.2. The number of likely N-dealkylation sites (N-methyl/N-ethyl adjacent to an activating group) is 1. The molecule has 2 unspecified atom stereocenters. The van der Waals surface area contributed by atoms with E-state index >= 15 is 0 Å². The normalized spacial score (nSPS) is 23.9. The Labute approximate surface area is 109 Å². The van der Waals surface area contributed by atoms with E-state index in [2.05, 4.69) is 43.1 Å². The number of rotatable bonds is 4. The van der Waals surface area contributed by atoms with E-state index in [1.165, 1.54) is 23.5 Å². The second-order valence-corrected chi connectivity index (χ2v) is 6.37. The van der Waals surface area contributed by atoms with Gasteiger partial charge in [0.2, 0.25) is 0 Å². The van der Waals surface area contributed by atoms with Crippen LogP contribution in [-0.2, 0) is 5.54 Å². The van der Waals surface area contributed by atoms with Crippen molar-refractivity contribution < 1.29 is 0 Å². The van der Waals surface area contributed by atoms with Gasteiger partial charge >= 0.3 is 0 Å². The zero-order valence-corrected chi connectivity index (χ0v) is 11.5. The Morgan fingerprint density at radius 1 is 1.41 bits per heavy atom. The van der Waals surface area contributed by atoms with Crippen molar-refractivity contribution in [2.45, 2.75) is 24.9 Å². The molecule has 3 heteroatoms. The maximum atomic E-state index is 6.46. The van der Waals surface area contributed by atoms with Gasteiger partial charge in [-0.2, -0.15) is 11.8 Å². The number of benzene rings is 1. The van der Waals surface area contributed by atoms with Gasteiger partial charge in [-0.3, -0.25) is 0 Å². The Bertz CT molecular complexity index is 344. The van der Waals surface area contributed by atoms with Gasteiger partial charge < -0.3 is 10.6 Å². The molecule has 2 nitrogen and oxygen atoms in total. The van der Waals surface area contributed by atoms with Crippen LogP contribution in [-0.4, -0.2) is 36.0 Å². The molecule has 0 bridgehead atoms. The quantitative estimate of drug-likeness (QED) is 0.889. The van der Waals surface area contributed by atoms with Crippen molar-refractivity contribution in [3.05, 3.63) is 35.9 Å². The summed E-state index contributed by atoms with van der Waals surface area (Å²) >= 11 is 2.05. The molecule has 1 aromatic rings. The maximum Gasteiger partial charge on any atom is 0.0509 e. The van der Waals surface area contributed by atoms with Crippen molar-refractivity contribution in [2.75, 3.05) is 25.1 Å². The first-order valence-electron chi connectivity index (χ1n) is 6.22. The van der Waals surface area contributed by atoms with Crippen LogP contribution < -0.4 is 5.73 Å². The van der Waals surface area contributed by atoms with Gasteiger partial charge in [0.25, 0.3) is 0 Å². The predicted octanol–water partition coefficient (Wildman–Crippen LogP) is 2.30. The zero-order valence-electron chi connectivity index (χ0n) is 10.7. The van der Waals surface area contributed by atoms with E-state index in [1.54, 1.807) is 0 Å². The third-order valence-electron chi connectivity index (χ3n) is 3.54. The lowest BCUT2D eigenvalue weighted by Gasteiger charge is -2.33. The highest BCUT2D eigenvalue weighted by molar-refractivity contribution is 7.99. The van der Waals surface area contributed by atoms with Crippen LogP contribution in [0, 0.1) is 0 Å². The van der Waals surface area contributed by atoms with Crippen LogP contribution in [0.25, 0.3) is 0 Å². The lowest BCUT2D eigenvalue weighted by atomic mass is 9.92. The van der Waals surface area contributed by atoms with Gasteiger partial charge in [-0.15, -0.1) is 0 Å². The molecule has 0 spiro atoms. The number of hydrogen-bond donors (Lipinski definition) is 1. The van der Waals surface area contributed by atoms with Crippen LogP contribution in [0.2, 0.25) is 0 Å². The first-order valence-corrected chi connectivity index (χ1v) is 7.37. The van der Waals surface area contributed by atoms with Gasteiger partial charge in [0, 0.05) is 18.3 Å². The molecule has 17 heavy (non-hydrogen) atoms. The van der Waals surface area contributed by atoms with Crippen LogP contribution in [0.1, 0.15) is 18.9 Å². The fourth-order valence-corrected chi connectivity index (χ4v) is 3.73. The van der Waals surface area contributed by atoms with Crippen molar-refractivity contribution in [2.24, 2.45) is 5.73 Å². The summed E-state index contributed by atoms with van der Waals surface area (Å²) in [7, 11) is 2.20. The van der Waals surface area contributed by atoms with E-state index in [0.29, 0.717) is 6.04 Å². The van der Waals surface area contributed by atoms with Crippen LogP contribution in [0.4, 0.5) is 0 Å². The van der Waals surface area contributed by atoms with Gasteiger partial charge in [-0.05, 0) is 31.7 Å². The molecule has 2 N–H and O–H groups in total. The van der Waals surface area contributed by atoms with Gasteiger partial charge in [-0.25, -0.2) is 0 Å². The summed E-state index contributed by atoms with van der Waals surface area (Å²) in [5.41, 5.74) is 7.42. The molecule has 1 aromatic carbocycles. The fraction of sp³-hybridized carbons (Fsp3) is 0.571. The lowest BCUT2D eigenvalue weighted by Crippen LogP contribution is -2.47. The molecule has 1 aliphatic rings. The van der Waals surface area contributed by atoms with Crippen molar-refractivity contribution in [3.8, 4) is 0 Å². The summed E-state index contributed by atoms with van der Waals surface area (Å²) in [5, 5.41) is 0. The number of nitrogens with two attached hydrogens (primary N) is 1. The Hall–Kier alpha value is -0.510. The summed E-state index contributed by atoms with van der Waals surface area (Å²) < 4.78 is 0. The zero-order chi connectivity index (χ0) is 12.3. The van der Waals surface area contributed by atoms with E-state index in [-0.39, 0.29) is 5.54 Å². The summed E-state index contributed by atoms with van der Waals surface area (Å²) in [6.45, 7) is 3.04. The molecule has 94 valence electrons. The van der Waals surface area contributed by atoms with Gasteiger partial charge in [0.15, 0.2) is 0 Å². The predicted molar refractivity (Wildman–Crippen MR) is 76.3 cm³/mol. The van der Waals surface area contributed by atoms with Crippen LogP contribution in [0.5, 0.6) is 0 Å². The molecule has 2 atom stereocenters. The first kappa shape index (κ1) is 12.9. The Morgan fingerprint density at radius 2 is 2.12 bits per heavy atom. The van der Waals surface area contributed by atoms with Crippen molar-refractivity contribution in [1.82, 2.24) is 4.90 Å². The number of hydrogen-bond acceptors (Lipinski definition) is 3. The second-order valence-electron chi connectivity index (χ2n) is 5.22. The van der Waals surface area contributed by atoms with Gasteiger partial charge in [0.05, 0.1) is 5.54 Å². The number of nitrogens with zero attached hydrogens (tertiary/aromatic N) is 1. The Balaban J connectivity index is 2.01. The molecule has 0 amide bonds. The molecular formula is C14H22N2S. The SMILES string of the molecule is CN(CC(C)(N)c1ccccc1)C1CCSC1. The molecule has 0 saturated carbocycles. The lowest BCUT2D eigenvalue weighted by molar-refractivity contribution is 0.209. The largest absolute Gasteiger partial charge is 0.321 e. The minimum Gasteiger partial charge on any atom is -0.321 e. The first-order chi connectivity index (χ1) is 8.09. The minimum absolute atomic E-state index is 0.261. The summed E-state index contributed by atoms with van der Waals surface area (Å²) in [4.78, 5) is 2.42. The smallest absolute Gasteiger partial charge is 0.0509 e. The molecule has 2 rings (SSSR count). The molecular weight excluding hydrogens is 228 g/mol. The average Bonchev–Trinajstić information content (AvgIpc) is 2.83. The average molecular weight is 250 g/mol. The highest BCUT2D eigenvalue weighted by Gasteiger charge is 2.27. The molecule has 0 aromatic heterocycles. The van der Waals surface area contributed by atoms with Crippen LogP contribution in [0.15, 0.2) is 30.3 Å². The van der Waals surface area contributed by atoms with E-state index in [9.17, 15) is 0 Å².